The van der Waals surface area contributed by atoms with Gasteiger partial charge < -0.3 is 20.0 Å². The van der Waals surface area contributed by atoms with Crippen LogP contribution in [0.1, 0.15) is 24.4 Å². The van der Waals surface area contributed by atoms with Gasteiger partial charge in [-0.25, -0.2) is 0 Å². The summed E-state index contributed by atoms with van der Waals surface area (Å²) in [5, 5.41) is 5.88. The standard InChI is InChI=1S/C13H19N3O3.ClH/c1-9-8-14-5-6-16(9)13(18)10(2)15-12(17)11-4-3-7-19-11;/h3-4,7,9-10,14H,5-6,8H2,1-2H3,(H,15,17);1H/t9-,10?;/m1./s1. The molecule has 112 valence electrons. The zero-order valence-electron chi connectivity index (χ0n) is 11.6. The number of nitrogens with zero attached hydrogens (tertiary/aromatic N) is 1. The van der Waals surface area contributed by atoms with Gasteiger partial charge in [0.25, 0.3) is 5.91 Å². The van der Waals surface area contributed by atoms with Crippen molar-refractivity contribution in [1.82, 2.24) is 15.5 Å². The Kier molecular flexibility index (Phi) is 6.04. The van der Waals surface area contributed by atoms with Crippen LogP contribution in [-0.2, 0) is 4.79 Å². The van der Waals surface area contributed by atoms with Crippen molar-refractivity contribution >= 4 is 24.2 Å². The number of nitrogens with one attached hydrogen (secondary N) is 2. The molecule has 1 fully saturated rings. The SMILES string of the molecule is CC(NC(=O)c1ccco1)C(=O)N1CCNC[C@H]1C.Cl. The number of hydrogen-bond acceptors (Lipinski definition) is 4. The zero-order chi connectivity index (χ0) is 13.8. The van der Waals surface area contributed by atoms with Gasteiger partial charge in [0.2, 0.25) is 5.91 Å². The maximum atomic E-state index is 12.3. The van der Waals surface area contributed by atoms with Crippen molar-refractivity contribution in [2.45, 2.75) is 25.9 Å². The van der Waals surface area contributed by atoms with E-state index < -0.39 is 6.04 Å². The zero-order valence-corrected chi connectivity index (χ0v) is 12.4. The van der Waals surface area contributed by atoms with Crippen molar-refractivity contribution < 1.29 is 14.0 Å². The molecule has 20 heavy (non-hydrogen) atoms. The van der Waals surface area contributed by atoms with Gasteiger partial charge in [0.1, 0.15) is 6.04 Å². The highest BCUT2D eigenvalue weighted by molar-refractivity contribution is 5.95. The number of amides is 2. The molecule has 0 radical (unpaired) electrons. The van der Waals surface area contributed by atoms with Gasteiger partial charge in [0.05, 0.1) is 6.26 Å². The lowest BCUT2D eigenvalue weighted by molar-refractivity contribution is -0.135. The van der Waals surface area contributed by atoms with E-state index in [1.165, 1.54) is 6.26 Å². The van der Waals surface area contributed by atoms with Gasteiger partial charge in [-0.05, 0) is 26.0 Å². The second-order valence-electron chi connectivity index (χ2n) is 4.76. The predicted molar refractivity (Wildman–Crippen MR) is 76.9 cm³/mol. The van der Waals surface area contributed by atoms with Crippen LogP contribution in [0.5, 0.6) is 0 Å². The Morgan fingerprint density at radius 3 is 2.90 bits per heavy atom. The molecule has 2 atom stereocenters. The number of carbonyl (C=O) groups is 2. The monoisotopic (exact) mass is 301 g/mol. The Hall–Kier alpha value is -1.53. The maximum Gasteiger partial charge on any atom is 0.287 e. The molecule has 0 aliphatic carbocycles. The molecule has 1 aliphatic heterocycles. The van der Waals surface area contributed by atoms with Gasteiger partial charge >= 0.3 is 0 Å². The molecule has 0 saturated carbocycles. The molecule has 0 bridgehead atoms. The molecule has 2 N–H and O–H groups in total. The third-order valence-corrected chi connectivity index (χ3v) is 3.25. The van der Waals surface area contributed by atoms with Crippen LogP contribution in [-0.4, -0.2) is 48.4 Å². The number of halogens is 1. The topological polar surface area (TPSA) is 74.6 Å². The lowest BCUT2D eigenvalue weighted by Crippen LogP contribution is -2.57. The van der Waals surface area contributed by atoms with Gasteiger partial charge in [0, 0.05) is 25.7 Å². The minimum atomic E-state index is -0.557. The average molecular weight is 302 g/mol. The fraction of sp³-hybridized carbons (Fsp3) is 0.538. The first-order chi connectivity index (χ1) is 9.09. The third-order valence-electron chi connectivity index (χ3n) is 3.25. The molecule has 1 saturated heterocycles. The second kappa shape index (κ2) is 7.31. The van der Waals surface area contributed by atoms with E-state index in [4.69, 9.17) is 4.42 Å². The number of carbonyl (C=O) groups excluding carboxylic acids is 2. The molecule has 1 aliphatic rings. The maximum absolute atomic E-state index is 12.3. The van der Waals surface area contributed by atoms with Crippen LogP contribution in [0, 0.1) is 0 Å². The van der Waals surface area contributed by atoms with Crippen LogP contribution in [0.25, 0.3) is 0 Å². The van der Waals surface area contributed by atoms with Crippen molar-refractivity contribution in [3.8, 4) is 0 Å². The van der Waals surface area contributed by atoms with Crippen molar-refractivity contribution in [3.63, 3.8) is 0 Å². The molecule has 2 heterocycles. The van der Waals surface area contributed by atoms with Crippen LogP contribution in [0.2, 0.25) is 0 Å². The number of hydrogen-bond donors (Lipinski definition) is 2. The van der Waals surface area contributed by atoms with Crippen LogP contribution in [0.3, 0.4) is 0 Å². The van der Waals surface area contributed by atoms with Gasteiger partial charge in [-0.1, -0.05) is 0 Å². The van der Waals surface area contributed by atoms with Gasteiger partial charge in [-0.2, -0.15) is 0 Å². The van der Waals surface area contributed by atoms with Gasteiger partial charge in [-0.3, -0.25) is 9.59 Å². The summed E-state index contributed by atoms with van der Waals surface area (Å²) in [6, 6.07) is 2.79. The predicted octanol–water partition coefficient (Wildman–Crippen LogP) is 0.640. The van der Waals surface area contributed by atoms with E-state index in [-0.39, 0.29) is 36.0 Å². The number of piperazine rings is 1. The van der Waals surface area contributed by atoms with E-state index >= 15 is 0 Å². The summed E-state index contributed by atoms with van der Waals surface area (Å²) in [4.78, 5) is 25.9. The molecule has 7 heteroatoms. The summed E-state index contributed by atoms with van der Waals surface area (Å²) >= 11 is 0. The molecule has 0 spiro atoms. The number of furan rings is 1. The minimum Gasteiger partial charge on any atom is -0.459 e. The quantitative estimate of drug-likeness (QED) is 0.859. The van der Waals surface area contributed by atoms with E-state index in [1.807, 2.05) is 6.92 Å². The van der Waals surface area contributed by atoms with Crippen molar-refractivity contribution in [2.75, 3.05) is 19.6 Å². The molecule has 1 aromatic rings. The Balaban J connectivity index is 0.00000200. The van der Waals surface area contributed by atoms with Crippen LogP contribution < -0.4 is 10.6 Å². The summed E-state index contributed by atoms with van der Waals surface area (Å²) in [6.07, 6.45) is 1.43. The second-order valence-corrected chi connectivity index (χ2v) is 4.76. The van der Waals surface area contributed by atoms with Crippen LogP contribution >= 0.6 is 12.4 Å². The Morgan fingerprint density at radius 2 is 2.30 bits per heavy atom. The fourth-order valence-corrected chi connectivity index (χ4v) is 2.15. The van der Waals surface area contributed by atoms with Crippen LogP contribution in [0.15, 0.2) is 22.8 Å². The Morgan fingerprint density at radius 1 is 1.55 bits per heavy atom. The van der Waals surface area contributed by atoms with Crippen molar-refractivity contribution in [3.05, 3.63) is 24.2 Å². The summed E-state index contributed by atoms with van der Waals surface area (Å²) in [7, 11) is 0. The van der Waals surface area contributed by atoms with Crippen LogP contribution in [0.4, 0.5) is 0 Å². The fourth-order valence-electron chi connectivity index (χ4n) is 2.15. The highest BCUT2D eigenvalue weighted by Crippen LogP contribution is 2.06. The Bertz CT molecular complexity index is 450. The van der Waals surface area contributed by atoms with E-state index in [2.05, 4.69) is 10.6 Å². The average Bonchev–Trinajstić information content (AvgIpc) is 2.92. The highest BCUT2D eigenvalue weighted by atomic mass is 35.5. The molecular weight excluding hydrogens is 282 g/mol. The molecule has 2 rings (SSSR count). The van der Waals surface area contributed by atoms with Gasteiger partial charge in [-0.15, -0.1) is 12.4 Å². The smallest absolute Gasteiger partial charge is 0.287 e. The largest absolute Gasteiger partial charge is 0.459 e. The lowest BCUT2D eigenvalue weighted by Gasteiger charge is -2.35. The molecule has 2 amide bonds. The molecular formula is C13H20ClN3O3. The lowest BCUT2D eigenvalue weighted by atomic mass is 10.1. The Labute approximate surface area is 124 Å². The molecule has 1 unspecified atom stereocenters. The summed E-state index contributed by atoms with van der Waals surface area (Å²) in [6.45, 7) is 5.92. The highest BCUT2D eigenvalue weighted by Gasteiger charge is 2.28. The van der Waals surface area contributed by atoms with E-state index in [1.54, 1.807) is 24.0 Å². The van der Waals surface area contributed by atoms with E-state index in [9.17, 15) is 9.59 Å². The summed E-state index contributed by atoms with van der Waals surface area (Å²) in [5.74, 6) is -0.212. The van der Waals surface area contributed by atoms with Crippen molar-refractivity contribution in [1.29, 1.82) is 0 Å². The first-order valence-corrected chi connectivity index (χ1v) is 6.45. The normalized spacial score (nSPS) is 19.9. The third kappa shape index (κ3) is 3.74. The van der Waals surface area contributed by atoms with Crippen molar-refractivity contribution in [2.24, 2.45) is 0 Å². The minimum absolute atomic E-state index is 0. The molecule has 0 aromatic carbocycles. The number of rotatable bonds is 3. The first kappa shape index (κ1) is 16.5. The van der Waals surface area contributed by atoms with Gasteiger partial charge in [0.15, 0.2) is 5.76 Å². The first-order valence-electron chi connectivity index (χ1n) is 6.45. The summed E-state index contributed by atoms with van der Waals surface area (Å²) in [5.41, 5.74) is 0. The molecule has 1 aromatic heterocycles. The molecule has 6 nitrogen and oxygen atoms in total. The summed E-state index contributed by atoms with van der Waals surface area (Å²) < 4.78 is 5.00. The van der Waals surface area contributed by atoms with E-state index in [0.29, 0.717) is 6.54 Å². The van der Waals surface area contributed by atoms with E-state index in [0.717, 1.165) is 13.1 Å².